The maximum absolute atomic E-state index is 12.5. The van der Waals surface area contributed by atoms with Crippen molar-refractivity contribution < 1.29 is 54.4 Å². The Kier molecular flexibility index (Phi) is 5.93. The molecular formula is C21H18O12. The van der Waals surface area contributed by atoms with Gasteiger partial charge in [-0.3, -0.25) is 4.79 Å². The molecule has 3 aromatic rings. The van der Waals surface area contributed by atoms with Crippen LogP contribution >= 0.6 is 0 Å². The van der Waals surface area contributed by atoms with Crippen molar-refractivity contribution in [3.8, 4) is 28.6 Å². The van der Waals surface area contributed by atoms with E-state index in [2.05, 4.69) is 0 Å². The number of fused-ring (bicyclic) bond motifs is 1. The summed E-state index contributed by atoms with van der Waals surface area (Å²) in [5.41, 5.74) is -0.268. The average molecular weight is 462 g/mol. The lowest BCUT2D eigenvalue weighted by molar-refractivity contribution is -0.381. The number of phenols is 2. The van der Waals surface area contributed by atoms with Crippen LogP contribution in [0.4, 0.5) is 0 Å². The van der Waals surface area contributed by atoms with E-state index in [1.165, 1.54) is 0 Å². The molecule has 0 radical (unpaired) electrons. The third-order valence-corrected chi connectivity index (χ3v) is 5.04. The Labute approximate surface area is 184 Å². The first-order valence-electron chi connectivity index (χ1n) is 9.53. The van der Waals surface area contributed by atoms with E-state index in [4.69, 9.17) is 24.0 Å². The van der Waals surface area contributed by atoms with Gasteiger partial charge in [-0.2, -0.15) is 4.89 Å². The summed E-state index contributed by atoms with van der Waals surface area (Å²) < 4.78 is 10.6. The van der Waals surface area contributed by atoms with Crippen LogP contribution in [0.1, 0.15) is 0 Å². The SMILES string of the molecule is O=C(O)[C@H]1O[C@@H](OOc2cc3oc(-c4ccccc4)cc(=O)c3c(O)c2O)[C@H](O)[C@@H](O)[C@@H]1O. The van der Waals surface area contributed by atoms with Crippen molar-refractivity contribution in [2.24, 2.45) is 0 Å². The second-order valence-electron chi connectivity index (χ2n) is 7.20. The van der Waals surface area contributed by atoms with Crippen LogP contribution < -0.4 is 10.3 Å². The van der Waals surface area contributed by atoms with Gasteiger partial charge >= 0.3 is 5.97 Å². The predicted octanol–water partition coefficient (Wildman–Crippen LogP) is 0.0738. The highest BCUT2D eigenvalue weighted by molar-refractivity contribution is 5.89. The first-order valence-corrected chi connectivity index (χ1v) is 9.53. The van der Waals surface area contributed by atoms with Crippen molar-refractivity contribution in [1.29, 1.82) is 0 Å². The first kappa shape index (κ1) is 22.5. The Morgan fingerprint density at radius 1 is 0.939 bits per heavy atom. The lowest BCUT2D eigenvalue weighted by Gasteiger charge is -2.37. The predicted molar refractivity (Wildman–Crippen MR) is 107 cm³/mol. The summed E-state index contributed by atoms with van der Waals surface area (Å²) in [5.74, 6) is -3.83. The number of aliphatic hydroxyl groups is 3. The molecule has 174 valence electrons. The molecule has 6 N–H and O–H groups in total. The molecule has 0 unspecified atom stereocenters. The van der Waals surface area contributed by atoms with E-state index in [0.717, 1.165) is 12.1 Å². The minimum absolute atomic E-state index is 0.164. The van der Waals surface area contributed by atoms with Crippen molar-refractivity contribution in [2.75, 3.05) is 0 Å². The van der Waals surface area contributed by atoms with Gasteiger partial charge in [0.15, 0.2) is 17.3 Å². The normalized spacial score (nSPS) is 25.1. The summed E-state index contributed by atoms with van der Waals surface area (Å²) in [5, 5.41) is 58.7. The molecule has 0 saturated carbocycles. The highest BCUT2D eigenvalue weighted by atomic mass is 17.2. The maximum atomic E-state index is 12.5. The number of carboxylic acids is 1. The van der Waals surface area contributed by atoms with E-state index in [9.17, 15) is 35.1 Å². The zero-order valence-corrected chi connectivity index (χ0v) is 16.6. The summed E-state index contributed by atoms with van der Waals surface area (Å²) >= 11 is 0. The molecule has 1 aliphatic heterocycles. The third kappa shape index (κ3) is 4.08. The van der Waals surface area contributed by atoms with Gasteiger partial charge in [0.2, 0.25) is 17.8 Å². The van der Waals surface area contributed by atoms with Crippen molar-refractivity contribution in [2.45, 2.75) is 30.7 Å². The zero-order chi connectivity index (χ0) is 23.9. The molecule has 12 heteroatoms. The molecule has 5 atom stereocenters. The summed E-state index contributed by atoms with van der Waals surface area (Å²) in [6.07, 6.45) is -9.65. The average Bonchev–Trinajstić information content (AvgIpc) is 2.80. The number of ether oxygens (including phenoxy) is 1. The molecular weight excluding hydrogens is 444 g/mol. The molecule has 1 saturated heterocycles. The number of aliphatic carboxylic acids is 1. The van der Waals surface area contributed by atoms with Crippen LogP contribution in [-0.2, 0) is 14.4 Å². The summed E-state index contributed by atoms with van der Waals surface area (Å²) in [6.45, 7) is 0. The van der Waals surface area contributed by atoms with E-state index in [0.29, 0.717) is 5.56 Å². The van der Waals surface area contributed by atoms with Crippen LogP contribution in [0.3, 0.4) is 0 Å². The number of rotatable bonds is 5. The van der Waals surface area contributed by atoms with E-state index >= 15 is 0 Å². The van der Waals surface area contributed by atoms with Crippen molar-refractivity contribution in [3.63, 3.8) is 0 Å². The van der Waals surface area contributed by atoms with Crippen molar-refractivity contribution in [1.82, 2.24) is 0 Å². The Bertz CT molecular complexity index is 1240. The van der Waals surface area contributed by atoms with Gasteiger partial charge in [-0.15, -0.1) is 0 Å². The Morgan fingerprint density at radius 2 is 1.64 bits per heavy atom. The van der Waals surface area contributed by atoms with E-state index in [1.54, 1.807) is 30.3 Å². The number of hydrogen-bond donors (Lipinski definition) is 6. The van der Waals surface area contributed by atoms with Gasteiger partial charge in [0.1, 0.15) is 35.0 Å². The van der Waals surface area contributed by atoms with Crippen molar-refractivity contribution >= 4 is 16.9 Å². The zero-order valence-electron chi connectivity index (χ0n) is 16.6. The van der Waals surface area contributed by atoms with Crippen LogP contribution in [0.25, 0.3) is 22.3 Å². The number of carbonyl (C=O) groups is 1. The molecule has 4 rings (SSSR count). The fraction of sp³-hybridized carbons (Fsp3) is 0.238. The molecule has 1 aliphatic rings. The van der Waals surface area contributed by atoms with E-state index in [-0.39, 0.29) is 16.7 Å². The van der Waals surface area contributed by atoms with Crippen LogP contribution in [0, 0.1) is 0 Å². The molecule has 0 spiro atoms. The number of benzene rings is 2. The molecule has 0 bridgehead atoms. The summed E-state index contributed by atoms with van der Waals surface area (Å²) in [4.78, 5) is 33.4. The third-order valence-electron chi connectivity index (χ3n) is 5.04. The van der Waals surface area contributed by atoms with Gasteiger partial charge in [0.05, 0.1) is 0 Å². The molecule has 2 aromatic carbocycles. The summed E-state index contributed by atoms with van der Waals surface area (Å²) in [7, 11) is 0. The number of carboxylic acid groups (broad SMARTS) is 1. The van der Waals surface area contributed by atoms with E-state index < -0.39 is 59.4 Å². The fourth-order valence-corrected chi connectivity index (χ4v) is 3.31. The number of phenolic OH excluding ortho intramolecular Hbond substituents is 2. The number of hydrogen-bond acceptors (Lipinski definition) is 11. The minimum atomic E-state index is -1.95. The van der Waals surface area contributed by atoms with Crippen LogP contribution in [0.2, 0.25) is 0 Å². The second-order valence-corrected chi connectivity index (χ2v) is 7.20. The number of aliphatic hydroxyl groups excluding tert-OH is 3. The first-order chi connectivity index (χ1) is 15.7. The van der Waals surface area contributed by atoms with Crippen LogP contribution in [0.15, 0.2) is 51.7 Å². The monoisotopic (exact) mass is 462 g/mol. The molecule has 1 fully saturated rings. The quantitative estimate of drug-likeness (QED) is 0.170. The maximum Gasteiger partial charge on any atom is 0.335 e. The smallest absolute Gasteiger partial charge is 0.335 e. The Morgan fingerprint density at radius 3 is 2.30 bits per heavy atom. The lowest BCUT2D eigenvalue weighted by atomic mass is 9.99. The standard InChI is InChI=1S/C21H18O12/c22-9-6-10(8-4-2-1-3-5-8)30-11-7-12(14(23)15(24)13(9)11)32-33-21-18(27)16(25)17(26)19(31-21)20(28)29/h1-7,16-19,21,23-27H,(H,28,29)/t16-,17-,18+,19-,21-/m0/s1. The fourth-order valence-electron chi connectivity index (χ4n) is 3.31. The van der Waals surface area contributed by atoms with Crippen LogP contribution in [-0.4, -0.2) is 67.3 Å². The molecule has 1 aromatic heterocycles. The highest BCUT2D eigenvalue weighted by Gasteiger charge is 2.48. The topological polar surface area (TPSA) is 196 Å². The largest absolute Gasteiger partial charge is 0.504 e. The van der Waals surface area contributed by atoms with Crippen molar-refractivity contribution in [3.05, 3.63) is 52.7 Å². The minimum Gasteiger partial charge on any atom is -0.504 e. The van der Waals surface area contributed by atoms with Gasteiger partial charge < -0.3 is 44.7 Å². The molecule has 2 heterocycles. The Balaban J connectivity index is 1.66. The van der Waals surface area contributed by atoms with E-state index in [1.807, 2.05) is 0 Å². The van der Waals surface area contributed by atoms with Gasteiger partial charge in [-0.05, 0) is 0 Å². The molecule has 0 aliphatic carbocycles. The number of aromatic hydroxyl groups is 2. The van der Waals surface area contributed by atoms with Gasteiger partial charge in [0, 0.05) is 17.7 Å². The highest BCUT2D eigenvalue weighted by Crippen LogP contribution is 2.41. The second kappa shape index (κ2) is 8.69. The summed E-state index contributed by atoms with van der Waals surface area (Å²) in [6, 6.07) is 10.7. The molecule has 33 heavy (non-hydrogen) atoms. The van der Waals surface area contributed by atoms with Gasteiger partial charge in [0.25, 0.3) is 0 Å². The van der Waals surface area contributed by atoms with Gasteiger partial charge in [-0.25, -0.2) is 4.79 Å². The Hall–Kier alpha value is -3.68. The molecule has 0 amide bonds. The van der Waals surface area contributed by atoms with Gasteiger partial charge in [-0.1, -0.05) is 30.3 Å². The lowest BCUT2D eigenvalue weighted by Crippen LogP contribution is -2.60. The molecule has 12 nitrogen and oxygen atoms in total. The van der Waals surface area contributed by atoms with Crippen LogP contribution in [0.5, 0.6) is 17.2 Å².